The van der Waals surface area contributed by atoms with Gasteiger partial charge >= 0.3 is 0 Å². The largest absolute Gasteiger partial charge is 0.496 e. The molecular weight excluding hydrogens is 340 g/mol. The summed E-state index contributed by atoms with van der Waals surface area (Å²) >= 11 is 0. The van der Waals surface area contributed by atoms with Crippen LogP contribution in [-0.2, 0) is 6.54 Å². The minimum absolute atomic E-state index is 0.197. The molecule has 1 aromatic heterocycles. The zero-order chi connectivity index (χ0) is 19.2. The van der Waals surface area contributed by atoms with Crippen molar-refractivity contribution in [1.29, 1.82) is 0 Å². The van der Waals surface area contributed by atoms with Crippen LogP contribution in [0, 0.1) is 6.92 Å². The number of carbonyl (C=O) groups excluding carboxylic acids is 1. The zero-order valence-electron chi connectivity index (χ0n) is 16.4. The Balaban J connectivity index is 1.76. The lowest BCUT2D eigenvalue weighted by atomic mass is 10.0. The second kappa shape index (κ2) is 8.84. The van der Waals surface area contributed by atoms with Gasteiger partial charge in [-0.3, -0.25) is 4.79 Å². The predicted octanol–water partition coefficient (Wildman–Crippen LogP) is 3.49. The second-order valence-corrected chi connectivity index (χ2v) is 6.94. The van der Waals surface area contributed by atoms with E-state index in [1.165, 1.54) is 6.42 Å². The summed E-state index contributed by atoms with van der Waals surface area (Å²) in [5, 5.41) is 2.94. The number of hydrogen-bond acceptors (Lipinski definition) is 5. The van der Waals surface area contributed by atoms with Gasteiger partial charge in [-0.1, -0.05) is 25.1 Å². The molecule has 1 atom stereocenters. The first-order valence-electron chi connectivity index (χ1n) is 9.64. The van der Waals surface area contributed by atoms with E-state index in [9.17, 15) is 4.79 Å². The highest BCUT2D eigenvalue weighted by atomic mass is 16.5. The molecule has 6 nitrogen and oxygen atoms in total. The van der Waals surface area contributed by atoms with Gasteiger partial charge < -0.3 is 15.0 Å². The van der Waals surface area contributed by atoms with Crippen LogP contribution in [0.1, 0.15) is 54.4 Å². The number of carbonyl (C=O) groups is 1. The first-order valence-corrected chi connectivity index (χ1v) is 9.64. The van der Waals surface area contributed by atoms with Gasteiger partial charge in [0, 0.05) is 30.4 Å². The number of ether oxygens (including phenoxy) is 1. The quantitative estimate of drug-likeness (QED) is 0.845. The van der Waals surface area contributed by atoms with E-state index in [1.807, 2.05) is 31.2 Å². The van der Waals surface area contributed by atoms with Crippen molar-refractivity contribution in [1.82, 2.24) is 15.3 Å². The summed E-state index contributed by atoms with van der Waals surface area (Å²) in [5.74, 6) is 1.23. The molecule has 27 heavy (non-hydrogen) atoms. The van der Waals surface area contributed by atoms with Crippen LogP contribution in [0.3, 0.4) is 0 Å². The van der Waals surface area contributed by atoms with Crippen LogP contribution in [0.5, 0.6) is 5.75 Å². The topological polar surface area (TPSA) is 67.4 Å². The molecule has 2 aromatic rings. The number of piperidine rings is 1. The van der Waals surface area contributed by atoms with E-state index in [4.69, 9.17) is 4.74 Å². The number of methoxy groups -OCH3 is 1. The molecule has 1 aliphatic rings. The van der Waals surface area contributed by atoms with E-state index >= 15 is 0 Å². The van der Waals surface area contributed by atoms with Gasteiger partial charge in [0.05, 0.1) is 7.11 Å². The van der Waals surface area contributed by atoms with Crippen molar-refractivity contribution in [3.8, 4) is 5.75 Å². The molecule has 0 bridgehead atoms. The molecule has 1 amide bonds. The van der Waals surface area contributed by atoms with Gasteiger partial charge in [0.25, 0.3) is 5.91 Å². The number of nitrogens with one attached hydrogen (secondary N) is 1. The zero-order valence-corrected chi connectivity index (χ0v) is 16.4. The molecule has 3 rings (SSSR count). The number of nitrogens with zero attached hydrogens (tertiary/aromatic N) is 3. The molecule has 1 N–H and O–H groups in total. The minimum atomic E-state index is -0.197. The van der Waals surface area contributed by atoms with Gasteiger partial charge in [0.15, 0.2) is 0 Å². The Morgan fingerprint density at radius 3 is 2.89 bits per heavy atom. The van der Waals surface area contributed by atoms with E-state index in [0.29, 0.717) is 24.2 Å². The number of aryl methyl sites for hydroxylation is 1. The molecular formula is C21H28N4O2. The van der Waals surface area contributed by atoms with E-state index in [2.05, 4.69) is 27.1 Å². The Kier molecular flexibility index (Phi) is 6.27. The third-order valence-corrected chi connectivity index (χ3v) is 5.06. The lowest BCUT2D eigenvalue weighted by Gasteiger charge is -2.35. The number of amides is 1. The Morgan fingerprint density at radius 2 is 2.11 bits per heavy atom. The predicted molar refractivity (Wildman–Crippen MR) is 106 cm³/mol. The molecule has 0 aliphatic carbocycles. The Bertz CT molecular complexity index is 794. The molecule has 2 heterocycles. The van der Waals surface area contributed by atoms with Crippen LogP contribution in [0.25, 0.3) is 0 Å². The van der Waals surface area contributed by atoms with Crippen molar-refractivity contribution >= 4 is 11.9 Å². The van der Waals surface area contributed by atoms with Crippen molar-refractivity contribution < 1.29 is 9.53 Å². The maximum Gasteiger partial charge on any atom is 0.270 e. The summed E-state index contributed by atoms with van der Waals surface area (Å²) in [5.41, 5.74) is 2.15. The molecule has 1 aromatic carbocycles. The normalized spacial score (nSPS) is 16.9. The lowest BCUT2D eigenvalue weighted by molar-refractivity contribution is 0.0945. The van der Waals surface area contributed by atoms with Crippen LogP contribution in [0.15, 0.2) is 30.3 Å². The minimum Gasteiger partial charge on any atom is -0.496 e. The van der Waals surface area contributed by atoms with Crippen molar-refractivity contribution in [2.24, 2.45) is 0 Å². The molecule has 1 saturated heterocycles. The highest BCUT2D eigenvalue weighted by molar-refractivity contribution is 5.92. The molecule has 144 valence electrons. The Labute approximate surface area is 161 Å². The number of hydrogen-bond donors (Lipinski definition) is 1. The number of benzene rings is 1. The standard InChI is InChI=1S/C21H28N4O2/c1-4-17-10-7-8-12-25(17)21-23-15(2)13-18(24-21)20(26)22-14-16-9-5-6-11-19(16)27-3/h5-6,9,11,13,17H,4,7-8,10,12,14H2,1-3H3,(H,22,26). The molecule has 0 saturated carbocycles. The average molecular weight is 368 g/mol. The number of para-hydroxylation sites is 1. The van der Waals surface area contributed by atoms with Crippen LogP contribution in [0.2, 0.25) is 0 Å². The van der Waals surface area contributed by atoms with Crippen molar-refractivity contribution in [3.05, 3.63) is 47.3 Å². The van der Waals surface area contributed by atoms with Crippen LogP contribution >= 0.6 is 0 Å². The SMILES string of the molecule is CCC1CCCCN1c1nc(C)cc(C(=O)NCc2ccccc2OC)n1. The molecule has 0 spiro atoms. The smallest absolute Gasteiger partial charge is 0.270 e. The fourth-order valence-electron chi connectivity index (χ4n) is 3.60. The van der Waals surface area contributed by atoms with Crippen LogP contribution in [0.4, 0.5) is 5.95 Å². The maximum atomic E-state index is 12.7. The van der Waals surface area contributed by atoms with Gasteiger partial charge in [-0.25, -0.2) is 9.97 Å². The lowest BCUT2D eigenvalue weighted by Crippen LogP contribution is -2.40. The highest BCUT2D eigenvalue weighted by Crippen LogP contribution is 2.24. The van der Waals surface area contributed by atoms with Crippen molar-refractivity contribution in [2.45, 2.75) is 52.1 Å². The number of rotatable bonds is 6. The Morgan fingerprint density at radius 1 is 1.30 bits per heavy atom. The fraction of sp³-hybridized carbons (Fsp3) is 0.476. The Hall–Kier alpha value is -2.63. The van der Waals surface area contributed by atoms with Gasteiger partial charge in [-0.15, -0.1) is 0 Å². The summed E-state index contributed by atoms with van der Waals surface area (Å²) in [4.78, 5) is 24.1. The molecule has 1 unspecified atom stereocenters. The molecule has 0 radical (unpaired) electrons. The van der Waals surface area contributed by atoms with Crippen LogP contribution in [-0.4, -0.2) is 35.6 Å². The fourth-order valence-corrected chi connectivity index (χ4v) is 3.60. The number of aromatic nitrogens is 2. The monoisotopic (exact) mass is 368 g/mol. The highest BCUT2D eigenvalue weighted by Gasteiger charge is 2.24. The third kappa shape index (κ3) is 4.56. The first kappa shape index (κ1) is 19.1. The van der Waals surface area contributed by atoms with Gasteiger partial charge in [-0.2, -0.15) is 0 Å². The second-order valence-electron chi connectivity index (χ2n) is 6.94. The first-order chi connectivity index (χ1) is 13.1. The average Bonchev–Trinajstić information content (AvgIpc) is 2.71. The number of anilines is 1. The van der Waals surface area contributed by atoms with E-state index < -0.39 is 0 Å². The van der Waals surface area contributed by atoms with Gasteiger partial charge in [0.1, 0.15) is 11.4 Å². The van der Waals surface area contributed by atoms with E-state index in [1.54, 1.807) is 13.2 Å². The molecule has 1 fully saturated rings. The summed E-state index contributed by atoms with van der Waals surface area (Å²) in [7, 11) is 1.63. The van der Waals surface area contributed by atoms with E-state index in [-0.39, 0.29) is 5.91 Å². The summed E-state index contributed by atoms with van der Waals surface area (Å²) < 4.78 is 5.34. The van der Waals surface area contributed by atoms with Crippen molar-refractivity contribution in [3.63, 3.8) is 0 Å². The summed E-state index contributed by atoms with van der Waals surface area (Å²) in [6.45, 7) is 5.44. The van der Waals surface area contributed by atoms with Gasteiger partial charge in [-0.05, 0) is 44.7 Å². The molecule has 1 aliphatic heterocycles. The summed E-state index contributed by atoms with van der Waals surface area (Å²) in [6, 6.07) is 9.85. The van der Waals surface area contributed by atoms with E-state index in [0.717, 1.165) is 42.8 Å². The summed E-state index contributed by atoms with van der Waals surface area (Å²) in [6.07, 6.45) is 4.60. The maximum absolute atomic E-state index is 12.7. The van der Waals surface area contributed by atoms with Crippen molar-refractivity contribution in [2.75, 3.05) is 18.6 Å². The van der Waals surface area contributed by atoms with Crippen LogP contribution < -0.4 is 15.0 Å². The molecule has 6 heteroatoms. The van der Waals surface area contributed by atoms with Gasteiger partial charge in [0.2, 0.25) is 5.95 Å². The third-order valence-electron chi connectivity index (χ3n) is 5.06.